The van der Waals surface area contributed by atoms with E-state index < -0.39 is 0 Å². The molecule has 2 radical (unpaired) electrons. The zero-order valence-corrected chi connectivity index (χ0v) is 60.2. The van der Waals surface area contributed by atoms with Crippen molar-refractivity contribution in [3.05, 3.63) is 121 Å². The number of hydrogen-bond donors (Lipinski definition) is 0. The van der Waals surface area contributed by atoms with Crippen molar-refractivity contribution >= 4 is 0 Å². The van der Waals surface area contributed by atoms with Gasteiger partial charge in [-0.05, 0) is 43.4 Å². The van der Waals surface area contributed by atoms with Gasteiger partial charge < -0.3 is 17.6 Å². The van der Waals surface area contributed by atoms with E-state index in [1.54, 1.807) is 0 Å². The topological polar surface area (TPSA) is 9.23 Å². The molecule has 3 heteroatoms. The van der Waals surface area contributed by atoms with Gasteiger partial charge in [0.05, 0.1) is 0 Å². The smallest absolute Gasteiger partial charge is 0.381 e. The fraction of sp³-hybridized carbons (Fsp3) is 0.756. The van der Waals surface area contributed by atoms with Crippen molar-refractivity contribution in [1.82, 2.24) is 0 Å². The van der Waals surface area contributed by atoms with Gasteiger partial charge in [0.2, 0.25) is 0 Å². The Morgan fingerprint density at radius 2 is 0.600 bits per heavy atom. The van der Waals surface area contributed by atoms with E-state index in [4.69, 9.17) is 4.74 Å². The molecular weight excluding hydrogens is 1100 g/mol. The summed E-state index contributed by atoms with van der Waals surface area (Å²) < 4.78 is 5.13. The number of benzene rings is 3. The maximum Gasteiger partial charge on any atom is 2.00 e. The van der Waals surface area contributed by atoms with Crippen LogP contribution < -0.4 is 0 Å². The molecule has 0 spiro atoms. The van der Waals surface area contributed by atoms with Crippen molar-refractivity contribution < 1.29 is 41.8 Å². The average molecular weight is 1280 g/mol. The number of ether oxygens (including phenoxy) is 1. The second-order valence-electron chi connectivity index (χ2n) is 18.6. The van der Waals surface area contributed by atoms with E-state index in [0.717, 1.165) is 49.7 Å². The minimum Gasteiger partial charge on any atom is -0.381 e. The minimum absolute atomic E-state index is 0. The van der Waals surface area contributed by atoms with Gasteiger partial charge in [-0.1, -0.05) is 371 Å². The third-order valence-electron chi connectivity index (χ3n) is 11.1. The molecule has 0 unspecified atom stereocenters. The summed E-state index contributed by atoms with van der Waals surface area (Å²) in [5.74, 6) is 4.13. The normalized spacial score (nSPS) is 12.2. The summed E-state index contributed by atoms with van der Waals surface area (Å²) in [4.78, 5) is 0. The van der Waals surface area contributed by atoms with E-state index in [1.807, 2.05) is 150 Å². The predicted octanol–water partition coefficient (Wildman–Crippen LogP) is 31.8. The third kappa shape index (κ3) is 146. The molecule has 0 saturated heterocycles. The molecule has 3 aromatic carbocycles. The number of hydrogen-bond acceptors (Lipinski definition) is 1. The molecule has 0 bridgehead atoms. The molecule has 0 aromatic heterocycles. The summed E-state index contributed by atoms with van der Waals surface area (Å²) in [6.45, 7) is 54.2. The molecule has 4 aliphatic carbocycles. The average Bonchev–Trinajstić information content (AvgIpc) is 3.47. The van der Waals surface area contributed by atoms with Gasteiger partial charge in [-0.2, -0.15) is 97.5 Å². The molecule has 85 heavy (non-hydrogen) atoms. The maximum absolute atomic E-state index is 5.13. The molecule has 4 aliphatic rings. The van der Waals surface area contributed by atoms with Gasteiger partial charge in [0, 0.05) is 13.2 Å². The molecule has 0 amide bonds. The third-order valence-corrected chi connectivity index (χ3v) is 11.1. The van der Waals surface area contributed by atoms with Crippen LogP contribution in [0.2, 0.25) is 0 Å². The first-order valence-corrected chi connectivity index (χ1v) is 32.6. The first kappa shape index (κ1) is 137. The zero-order valence-electron chi connectivity index (χ0n) is 57.5. The quantitative estimate of drug-likeness (QED) is 0.183. The van der Waals surface area contributed by atoms with Crippen LogP contribution in [0.4, 0.5) is 0 Å². The van der Waals surface area contributed by atoms with Gasteiger partial charge >= 0.3 is 37.1 Å². The summed E-state index contributed by atoms with van der Waals surface area (Å²) in [6.07, 6.45) is 37.1. The van der Waals surface area contributed by atoms with Crippen LogP contribution in [0.25, 0.3) is 0 Å². The molecular formula is C82H176OV2. The largest absolute Gasteiger partial charge is 2.00 e. The van der Waals surface area contributed by atoms with E-state index in [0.29, 0.717) is 0 Å². The molecule has 4 fully saturated rings. The SMILES string of the molecule is C.C.C.C.C.C.C.C.CC.CC.CC.CC.CC.CC.CC1CCCCC1.CC1CC[CH-]CC1.CC1CC[CH-]CC1.CCC.CCC.CCC1CCCCC1.CCCOCCC.Cc1cc[c-]cc1.Cc1cc[c-]cc1.Cc1ccccc1.[V+2].[V+2]. The Kier molecular flexibility index (Phi) is 226. The van der Waals surface area contributed by atoms with Crippen molar-refractivity contribution in [1.29, 1.82) is 0 Å². The Labute approximate surface area is 575 Å². The second kappa shape index (κ2) is 140. The minimum atomic E-state index is 0. The molecule has 3 aromatic rings. The van der Waals surface area contributed by atoms with Gasteiger partial charge in [0.25, 0.3) is 0 Å². The molecule has 0 aliphatic heterocycles. The van der Waals surface area contributed by atoms with Crippen LogP contribution >= 0.6 is 0 Å². The summed E-state index contributed by atoms with van der Waals surface area (Å²) in [5.41, 5.74) is 3.90. The molecule has 0 N–H and O–H groups in total. The van der Waals surface area contributed by atoms with Crippen molar-refractivity contribution in [2.75, 3.05) is 13.2 Å². The molecule has 7 rings (SSSR count). The Hall–Kier alpha value is -1.21. The van der Waals surface area contributed by atoms with Crippen LogP contribution in [-0.4, -0.2) is 13.2 Å². The molecule has 0 heterocycles. The van der Waals surface area contributed by atoms with Crippen molar-refractivity contribution in [2.45, 2.75) is 380 Å². The number of rotatable bonds is 5. The van der Waals surface area contributed by atoms with E-state index >= 15 is 0 Å². The van der Waals surface area contributed by atoms with Gasteiger partial charge in [-0.25, -0.2) is 0 Å². The summed E-state index contributed by atoms with van der Waals surface area (Å²) >= 11 is 0. The molecule has 0 atom stereocenters. The van der Waals surface area contributed by atoms with Crippen LogP contribution in [0.5, 0.6) is 0 Å². The van der Waals surface area contributed by atoms with E-state index in [-0.39, 0.29) is 96.5 Å². The van der Waals surface area contributed by atoms with Gasteiger partial charge in [-0.15, -0.1) is 0 Å². The van der Waals surface area contributed by atoms with E-state index in [2.05, 4.69) is 127 Å². The van der Waals surface area contributed by atoms with Crippen LogP contribution in [-0.2, 0) is 41.8 Å². The Bertz CT molecular complexity index is 1050. The van der Waals surface area contributed by atoms with E-state index in [1.165, 1.54) is 152 Å². The van der Waals surface area contributed by atoms with Crippen LogP contribution in [0.1, 0.15) is 376 Å². The second-order valence-corrected chi connectivity index (χ2v) is 18.6. The van der Waals surface area contributed by atoms with Crippen molar-refractivity contribution in [2.24, 2.45) is 23.7 Å². The first-order valence-electron chi connectivity index (χ1n) is 32.6. The van der Waals surface area contributed by atoms with Crippen LogP contribution in [0.15, 0.2) is 78.9 Å². The zero-order chi connectivity index (χ0) is 59.4. The van der Waals surface area contributed by atoms with Crippen LogP contribution in [0.3, 0.4) is 0 Å². The summed E-state index contributed by atoms with van der Waals surface area (Å²) in [7, 11) is 0. The Balaban J connectivity index is -0.0000000326. The molecule has 1 nitrogen and oxygen atoms in total. The predicted molar refractivity (Wildman–Crippen MR) is 409 cm³/mol. The van der Waals surface area contributed by atoms with Crippen LogP contribution in [0, 0.1) is 69.4 Å². The fourth-order valence-corrected chi connectivity index (χ4v) is 6.95. The molecule has 4 saturated carbocycles. The Morgan fingerprint density at radius 3 is 0.741 bits per heavy atom. The van der Waals surface area contributed by atoms with Gasteiger partial charge in [0.1, 0.15) is 0 Å². The summed E-state index contributed by atoms with van der Waals surface area (Å²) in [5, 5.41) is 0. The van der Waals surface area contributed by atoms with E-state index in [9.17, 15) is 0 Å². The number of aryl methyl sites for hydroxylation is 3. The maximum atomic E-state index is 5.13. The van der Waals surface area contributed by atoms with Gasteiger partial charge in [-0.3, -0.25) is 0 Å². The fourth-order valence-electron chi connectivity index (χ4n) is 6.95. The van der Waals surface area contributed by atoms with Crippen molar-refractivity contribution in [3.8, 4) is 0 Å². The van der Waals surface area contributed by atoms with Gasteiger partial charge in [0.15, 0.2) is 0 Å². The first-order chi connectivity index (χ1) is 36.5. The van der Waals surface area contributed by atoms with Crippen molar-refractivity contribution in [3.63, 3.8) is 0 Å². The molecule has 520 valence electrons. The Morgan fingerprint density at radius 1 is 0.365 bits per heavy atom. The standard InChI is InChI=1S/C8H16.C7H14.2C7H13.C7H8.2C7H7.C6H14O.2C3H8.6C2H6.8CH4.2V/c1-2-8-6-4-3-5-7-8;6*1-7-5-3-2-4-6-7;1-3-5-7-6-4-2;2*1-3-2;6*1-2;;;;;;;;;;/h8H,2-7H2,1H3;7H,2-6H2,1H3;2*2,7H,3-6H2,1H3;2-6H,1H3;2*3-6H,1H3;3-6H2,1-2H3;2*3H2,1-2H3;6*1-2H3;8*1H4;;/q;;2*-1;;2*-1;;;;;;;;;;;;;;;;;;2*+2. The monoisotopic (exact) mass is 1280 g/mol. The summed E-state index contributed by atoms with van der Waals surface area (Å²) in [6, 6.07) is 31.9.